The van der Waals surface area contributed by atoms with Gasteiger partial charge in [0.05, 0.1) is 18.1 Å². The lowest BCUT2D eigenvalue weighted by Gasteiger charge is -2.65. The molecule has 228 valence electrons. The van der Waals surface area contributed by atoms with Gasteiger partial charge in [0.15, 0.2) is 28.0 Å². The fraction of sp³-hybridized carbons (Fsp3) is 0.875. The molecule has 0 aromatic heterocycles. The number of hydrogen-bond acceptors (Lipinski definition) is 6. The molecule has 0 N–H and O–H groups in total. The van der Waals surface area contributed by atoms with Crippen LogP contribution in [0, 0.1) is 22.7 Å². The highest BCUT2D eigenvalue weighted by Crippen LogP contribution is 2.69. The summed E-state index contributed by atoms with van der Waals surface area (Å²) >= 11 is 0. The molecule has 0 aromatic carbocycles. The Balaban J connectivity index is 2.00. The van der Waals surface area contributed by atoms with E-state index in [9.17, 15) is 9.59 Å². The van der Waals surface area contributed by atoms with Gasteiger partial charge >= 0.3 is 5.97 Å². The number of ketones is 1. The molecular formula is C32H56O6Si2. The van der Waals surface area contributed by atoms with Crippen LogP contribution >= 0.6 is 0 Å². The quantitative estimate of drug-likeness (QED) is 0.188. The van der Waals surface area contributed by atoms with E-state index in [2.05, 4.69) is 87.7 Å². The fourth-order valence-electron chi connectivity index (χ4n) is 7.86. The first-order chi connectivity index (χ1) is 18.0. The molecule has 3 fully saturated rings. The maximum absolute atomic E-state index is 15.0. The minimum atomic E-state index is -2.35. The summed E-state index contributed by atoms with van der Waals surface area (Å²) in [4.78, 5) is 27.5. The number of fused-ring (bicyclic) bond motifs is 3. The predicted molar refractivity (Wildman–Crippen MR) is 164 cm³/mol. The molecule has 40 heavy (non-hydrogen) atoms. The minimum absolute atomic E-state index is 0.0312. The Morgan fingerprint density at radius 3 is 2.08 bits per heavy atom. The molecule has 0 aromatic rings. The highest BCUT2D eigenvalue weighted by atomic mass is 28.4. The van der Waals surface area contributed by atoms with Crippen LogP contribution in [0.5, 0.6) is 0 Å². The predicted octanol–water partition coefficient (Wildman–Crippen LogP) is 7.44. The molecule has 8 atom stereocenters. The van der Waals surface area contributed by atoms with E-state index in [0.29, 0.717) is 6.42 Å². The number of allylic oxidation sites excluding steroid dienone is 2. The van der Waals surface area contributed by atoms with Gasteiger partial charge in [0, 0.05) is 12.8 Å². The van der Waals surface area contributed by atoms with Crippen molar-refractivity contribution < 1.29 is 27.9 Å². The van der Waals surface area contributed by atoms with Crippen molar-refractivity contribution in [1.82, 2.24) is 0 Å². The number of hydrogen-bond donors (Lipinski definition) is 0. The molecule has 1 saturated heterocycles. The van der Waals surface area contributed by atoms with E-state index in [1.165, 1.54) is 12.5 Å². The maximum Gasteiger partial charge on any atom is 0.302 e. The van der Waals surface area contributed by atoms with Gasteiger partial charge in [-0.3, -0.25) is 9.59 Å². The molecule has 0 radical (unpaired) electrons. The second kappa shape index (κ2) is 9.60. The van der Waals surface area contributed by atoms with Crippen molar-refractivity contribution in [2.45, 2.75) is 149 Å². The average molecular weight is 593 g/mol. The van der Waals surface area contributed by atoms with Crippen molar-refractivity contribution in [3.63, 3.8) is 0 Å². The Labute approximate surface area is 245 Å². The molecule has 4 aliphatic rings. The number of carbonyl (C=O) groups excluding carboxylic acids is 2. The van der Waals surface area contributed by atoms with Gasteiger partial charge in [-0.2, -0.15) is 0 Å². The van der Waals surface area contributed by atoms with Crippen molar-refractivity contribution in [1.29, 1.82) is 0 Å². The lowest BCUT2D eigenvalue weighted by Crippen LogP contribution is -2.75. The van der Waals surface area contributed by atoms with Crippen LogP contribution in [-0.4, -0.2) is 58.9 Å². The third-order valence-electron chi connectivity index (χ3n) is 12.2. The van der Waals surface area contributed by atoms with E-state index in [1.54, 1.807) is 0 Å². The molecule has 3 aliphatic carbocycles. The van der Waals surface area contributed by atoms with Crippen molar-refractivity contribution in [2.24, 2.45) is 22.7 Å². The zero-order valence-electron chi connectivity index (χ0n) is 27.7. The number of rotatable bonds is 5. The molecule has 2 bridgehead atoms. The third kappa shape index (κ3) is 4.58. The standard InChI is InChI=1S/C32H56O6Si2/c1-20-16-15-17-30(9)22(20)18-23(36-21(2)33)32-19-35-31(10,27(32)34)26(38-40(13,14)29(6,7)8)24(25(30)32)37-39(11,12)28(3,4)5/h16,22-26H,15,17-19H2,1-14H3/t22?,23-,24+,25+,26-,30-,31+,32+/m0/s1. The van der Waals surface area contributed by atoms with E-state index in [-0.39, 0.29) is 51.8 Å². The molecular weight excluding hydrogens is 537 g/mol. The minimum Gasteiger partial charge on any atom is -0.461 e. The van der Waals surface area contributed by atoms with Crippen LogP contribution in [0.3, 0.4) is 0 Å². The van der Waals surface area contributed by atoms with Crippen LogP contribution in [-0.2, 0) is 27.9 Å². The molecule has 1 aliphatic heterocycles. The Bertz CT molecular complexity index is 1080. The van der Waals surface area contributed by atoms with Gasteiger partial charge in [0.25, 0.3) is 0 Å². The van der Waals surface area contributed by atoms with Crippen LogP contribution in [0.4, 0.5) is 0 Å². The monoisotopic (exact) mass is 592 g/mol. The van der Waals surface area contributed by atoms with Gasteiger partial charge in [-0.1, -0.05) is 60.1 Å². The van der Waals surface area contributed by atoms with E-state index in [0.717, 1.165) is 12.8 Å². The van der Waals surface area contributed by atoms with Crippen LogP contribution in [0.1, 0.15) is 88.5 Å². The van der Waals surface area contributed by atoms with E-state index in [4.69, 9.17) is 18.3 Å². The zero-order valence-corrected chi connectivity index (χ0v) is 29.7. The smallest absolute Gasteiger partial charge is 0.302 e. The van der Waals surface area contributed by atoms with Gasteiger partial charge in [-0.05, 0) is 80.7 Å². The molecule has 4 rings (SSSR count). The summed E-state index contributed by atoms with van der Waals surface area (Å²) in [6, 6.07) is 0. The summed E-state index contributed by atoms with van der Waals surface area (Å²) < 4.78 is 27.6. The third-order valence-corrected chi connectivity index (χ3v) is 21.1. The highest BCUT2D eigenvalue weighted by Gasteiger charge is 2.79. The number of ether oxygens (including phenoxy) is 2. The SMILES string of the molecule is CC(=O)O[C@H]1CC2C(C)=CCC[C@]2(C)[C@H]2[C@@H](O[Si](C)(C)C(C)(C)C)[C@H](O[Si](C)(C)C(C)(C)C)[C@@]3(C)OC[C@@]12C3=O. The Morgan fingerprint density at radius 1 is 1.00 bits per heavy atom. The molecule has 1 heterocycles. The Hall–Kier alpha value is -0.806. The summed E-state index contributed by atoms with van der Waals surface area (Å²) in [5.41, 5.74) is -1.01. The topological polar surface area (TPSA) is 71.1 Å². The van der Waals surface area contributed by atoms with E-state index >= 15 is 0 Å². The largest absolute Gasteiger partial charge is 0.461 e. The van der Waals surface area contributed by atoms with Crippen molar-refractivity contribution in [3.05, 3.63) is 11.6 Å². The molecule has 1 unspecified atom stereocenters. The van der Waals surface area contributed by atoms with Gasteiger partial charge in [-0.25, -0.2) is 0 Å². The summed E-state index contributed by atoms with van der Waals surface area (Å²) in [5.74, 6) is -0.305. The van der Waals surface area contributed by atoms with Crippen LogP contribution in [0.25, 0.3) is 0 Å². The maximum atomic E-state index is 15.0. The van der Waals surface area contributed by atoms with Gasteiger partial charge < -0.3 is 18.3 Å². The normalized spacial score (nSPS) is 40.3. The molecule has 2 saturated carbocycles. The summed E-state index contributed by atoms with van der Waals surface area (Å²) in [5, 5.41) is -0.0822. The highest BCUT2D eigenvalue weighted by molar-refractivity contribution is 6.74. The van der Waals surface area contributed by atoms with Crippen LogP contribution < -0.4 is 0 Å². The van der Waals surface area contributed by atoms with Crippen molar-refractivity contribution in [2.75, 3.05) is 6.61 Å². The summed E-state index contributed by atoms with van der Waals surface area (Å²) in [6.45, 7) is 30.8. The van der Waals surface area contributed by atoms with Crippen molar-refractivity contribution in [3.8, 4) is 0 Å². The fourth-order valence-corrected chi connectivity index (χ4v) is 10.5. The van der Waals surface area contributed by atoms with E-state index in [1.807, 2.05) is 6.92 Å². The lowest BCUT2D eigenvalue weighted by atomic mass is 9.42. The van der Waals surface area contributed by atoms with Crippen LogP contribution in [0.15, 0.2) is 11.6 Å². The van der Waals surface area contributed by atoms with Gasteiger partial charge in [-0.15, -0.1) is 0 Å². The number of esters is 1. The second-order valence-electron chi connectivity index (χ2n) is 16.8. The molecule has 0 amide bonds. The van der Waals surface area contributed by atoms with Gasteiger partial charge in [0.1, 0.15) is 12.2 Å². The Kier molecular flexibility index (Phi) is 7.71. The average Bonchev–Trinajstić information content (AvgIpc) is 2.96. The first-order valence-corrected chi connectivity index (χ1v) is 21.2. The number of Topliss-reactive ketones (excluding diaryl/α,β-unsaturated/α-hetero) is 1. The second-order valence-corrected chi connectivity index (χ2v) is 26.3. The Morgan fingerprint density at radius 2 is 1.55 bits per heavy atom. The summed E-state index contributed by atoms with van der Waals surface area (Å²) in [6.07, 6.45) is 3.47. The van der Waals surface area contributed by atoms with Crippen LogP contribution in [0.2, 0.25) is 36.3 Å². The van der Waals surface area contributed by atoms with Gasteiger partial charge in [0.2, 0.25) is 0 Å². The molecule has 1 spiro atoms. The van der Waals surface area contributed by atoms with E-state index < -0.39 is 39.9 Å². The van der Waals surface area contributed by atoms with Crippen molar-refractivity contribution >= 4 is 28.4 Å². The first-order valence-electron chi connectivity index (χ1n) is 15.3. The first kappa shape index (κ1) is 32.1. The summed E-state index contributed by atoms with van der Waals surface area (Å²) in [7, 11) is -4.68. The molecule has 8 heteroatoms. The zero-order chi connectivity index (χ0) is 30.5. The lowest BCUT2D eigenvalue weighted by molar-refractivity contribution is -0.217. The number of carbonyl (C=O) groups is 2. The molecule has 6 nitrogen and oxygen atoms in total.